The highest BCUT2D eigenvalue weighted by molar-refractivity contribution is 5.46. The average Bonchev–Trinajstić information content (AvgIpc) is 3.16. The van der Waals surface area contributed by atoms with Crippen LogP contribution in [-0.4, -0.2) is 11.7 Å². The first-order valence-corrected chi connectivity index (χ1v) is 8.07. The molecule has 1 aromatic carbocycles. The molecular formula is C19H28O. The van der Waals surface area contributed by atoms with Gasteiger partial charge in [0.1, 0.15) is 0 Å². The van der Waals surface area contributed by atoms with E-state index >= 15 is 0 Å². The highest BCUT2D eigenvalue weighted by atomic mass is 16.3. The topological polar surface area (TPSA) is 20.2 Å². The zero-order valence-corrected chi connectivity index (χ0v) is 13.4. The van der Waals surface area contributed by atoms with Crippen LogP contribution >= 0.6 is 0 Å². The van der Waals surface area contributed by atoms with Gasteiger partial charge in [0.15, 0.2) is 0 Å². The zero-order valence-electron chi connectivity index (χ0n) is 13.4. The maximum Gasteiger partial charge on any atom is 0.0439 e. The smallest absolute Gasteiger partial charge is 0.0439 e. The van der Waals surface area contributed by atoms with Gasteiger partial charge in [-0.3, -0.25) is 0 Å². The highest BCUT2D eigenvalue weighted by Gasteiger charge is 2.45. The van der Waals surface area contributed by atoms with Crippen LogP contribution in [0.2, 0.25) is 0 Å². The summed E-state index contributed by atoms with van der Waals surface area (Å²) < 4.78 is 0. The summed E-state index contributed by atoms with van der Waals surface area (Å²) in [5.74, 6) is 0. The predicted molar refractivity (Wildman–Crippen MR) is 84.3 cm³/mol. The summed E-state index contributed by atoms with van der Waals surface area (Å²) in [7, 11) is 0. The van der Waals surface area contributed by atoms with E-state index < -0.39 is 0 Å². The lowest BCUT2D eigenvalue weighted by atomic mass is 9.62. The van der Waals surface area contributed by atoms with E-state index in [2.05, 4.69) is 45.9 Å². The Morgan fingerprint density at radius 3 is 2.05 bits per heavy atom. The molecule has 0 unspecified atom stereocenters. The third kappa shape index (κ3) is 2.11. The molecule has 1 nitrogen and oxygen atoms in total. The SMILES string of the molecule is CC1(C)CCC(C)(C)c2cc(C3(CCO)CC3)ccc21. The van der Waals surface area contributed by atoms with Gasteiger partial charge in [0.05, 0.1) is 0 Å². The van der Waals surface area contributed by atoms with Crippen molar-refractivity contribution >= 4 is 0 Å². The molecule has 0 saturated heterocycles. The molecule has 110 valence electrons. The maximum atomic E-state index is 9.33. The van der Waals surface area contributed by atoms with Crippen molar-refractivity contribution in [3.63, 3.8) is 0 Å². The number of hydrogen-bond acceptors (Lipinski definition) is 1. The van der Waals surface area contributed by atoms with Crippen molar-refractivity contribution in [2.75, 3.05) is 6.61 Å². The minimum absolute atomic E-state index is 0.288. The second kappa shape index (κ2) is 4.34. The quantitative estimate of drug-likeness (QED) is 0.862. The molecule has 1 saturated carbocycles. The van der Waals surface area contributed by atoms with E-state index in [1.54, 1.807) is 5.56 Å². The van der Waals surface area contributed by atoms with Crippen molar-refractivity contribution in [1.29, 1.82) is 0 Å². The van der Waals surface area contributed by atoms with Gasteiger partial charge in [0.2, 0.25) is 0 Å². The lowest BCUT2D eigenvalue weighted by Gasteiger charge is -2.42. The van der Waals surface area contributed by atoms with Crippen molar-refractivity contribution in [3.05, 3.63) is 34.9 Å². The van der Waals surface area contributed by atoms with E-state index in [9.17, 15) is 5.11 Å². The van der Waals surface area contributed by atoms with E-state index in [0.717, 1.165) is 6.42 Å². The zero-order chi connectivity index (χ0) is 14.6. The normalized spacial score (nSPS) is 25.1. The van der Waals surface area contributed by atoms with Crippen LogP contribution < -0.4 is 0 Å². The number of fused-ring (bicyclic) bond motifs is 1. The van der Waals surface area contributed by atoms with Crippen LogP contribution in [0.3, 0.4) is 0 Å². The first kappa shape index (κ1) is 14.1. The standard InChI is InChI=1S/C19H28O/c1-17(2)7-8-18(3,4)16-13-14(5-6-15(16)17)19(9-10-19)11-12-20/h5-6,13,20H,7-12H2,1-4H3. The van der Waals surface area contributed by atoms with Crippen molar-refractivity contribution in [3.8, 4) is 0 Å². The van der Waals surface area contributed by atoms with E-state index in [1.165, 1.54) is 36.8 Å². The van der Waals surface area contributed by atoms with Crippen molar-refractivity contribution in [1.82, 2.24) is 0 Å². The van der Waals surface area contributed by atoms with E-state index in [-0.39, 0.29) is 5.41 Å². The second-order valence-corrected chi connectivity index (χ2v) is 8.28. The molecule has 0 amide bonds. The number of hydrogen-bond donors (Lipinski definition) is 1. The fourth-order valence-corrected chi connectivity index (χ4v) is 3.97. The molecule has 0 aliphatic heterocycles. The molecule has 0 atom stereocenters. The van der Waals surface area contributed by atoms with E-state index in [0.29, 0.717) is 17.4 Å². The maximum absolute atomic E-state index is 9.33. The molecule has 20 heavy (non-hydrogen) atoms. The Morgan fingerprint density at radius 2 is 1.50 bits per heavy atom. The molecule has 0 aromatic heterocycles. The minimum Gasteiger partial charge on any atom is -0.396 e. The Morgan fingerprint density at radius 1 is 0.900 bits per heavy atom. The van der Waals surface area contributed by atoms with Gasteiger partial charge in [0, 0.05) is 6.61 Å². The highest BCUT2D eigenvalue weighted by Crippen LogP contribution is 2.53. The first-order chi connectivity index (χ1) is 9.31. The van der Waals surface area contributed by atoms with Gasteiger partial charge in [0.25, 0.3) is 0 Å². The molecule has 1 aromatic rings. The van der Waals surface area contributed by atoms with Crippen LogP contribution in [0.15, 0.2) is 18.2 Å². The first-order valence-electron chi connectivity index (χ1n) is 8.07. The number of aliphatic hydroxyl groups excluding tert-OH is 1. The summed E-state index contributed by atoms with van der Waals surface area (Å²) in [5.41, 5.74) is 5.44. The predicted octanol–water partition coefficient (Wildman–Crippen LogP) is 4.45. The molecule has 0 heterocycles. The van der Waals surface area contributed by atoms with Gasteiger partial charge >= 0.3 is 0 Å². The van der Waals surface area contributed by atoms with Gasteiger partial charge in [-0.05, 0) is 65.0 Å². The molecule has 0 bridgehead atoms. The number of aliphatic hydroxyl groups is 1. The molecule has 1 N–H and O–H groups in total. The Kier molecular flexibility index (Phi) is 3.06. The Bertz CT molecular complexity index is 521. The van der Waals surface area contributed by atoms with Crippen LogP contribution in [0.25, 0.3) is 0 Å². The summed E-state index contributed by atoms with van der Waals surface area (Å²) in [6.07, 6.45) is 5.96. The van der Waals surface area contributed by atoms with Crippen LogP contribution in [-0.2, 0) is 16.2 Å². The molecule has 2 aliphatic carbocycles. The van der Waals surface area contributed by atoms with Gasteiger partial charge in [-0.1, -0.05) is 45.9 Å². The molecular weight excluding hydrogens is 244 g/mol. The third-order valence-corrected chi connectivity index (χ3v) is 5.91. The van der Waals surface area contributed by atoms with Crippen LogP contribution in [0.5, 0.6) is 0 Å². The summed E-state index contributed by atoms with van der Waals surface area (Å²) in [6, 6.07) is 7.19. The van der Waals surface area contributed by atoms with Crippen molar-refractivity contribution in [2.24, 2.45) is 0 Å². The van der Waals surface area contributed by atoms with Crippen molar-refractivity contribution < 1.29 is 5.11 Å². The summed E-state index contributed by atoms with van der Waals surface area (Å²) in [4.78, 5) is 0. The van der Waals surface area contributed by atoms with Crippen LogP contribution in [0.4, 0.5) is 0 Å². The van der Waals surface area contributed by atoms with Gasteiger partial charge < -0.3 is 5.11 Å². The molecule has 0 radical (unpaired) electrons. The molecule has 1 heteroatoms. The molecule has 1 fully saturated rings. The van der Waals surface area contributed by atoms with E-state index in [1.807, 2.05) is 0 Å². The van der Waals surface area contributed by atoms with Gasteiger partial charge in [-0.15, -0.1) is 0 Å². The fourth-order valence-electron chi connectivity index (χ4n) is 3.97. The largest absolute Gasteiger partial charge is 0.396 e. The number of rotatable bonds is 3. The third-order valence-electron chi connectivity index (χ3n) is 5.91. The minimum atomic E-state index is 0.288. The fraction of sp³-hybridized carbons (Fsp3) is 0.684. The summed E-state index contributed by atoms with van der Waals surface area (Å²) >= 11 is 0. The Balaban J connectivity index is 2.07. The lowest BCUT2D eigenvalue weighted by Crippen LogP contribution is -2.34. The Hall–Kier alpha value is -0.820. The molecule has 0 spiro atoms. The summed E-state index contributed by atoms with van der Waals surface area (Å²) in [5, 5.41) is 9.33. The monoisotopic (exact) mass is 272 g/mol. The second-order valence-electron chi connectivity index (χ2n) is 8.28. The Labute approximate surface area is 123 Å². The van der Waals surface area contributed by atoms with Crippen LogP contribution in [0.1, 0.15) is 76.5 Å². The van der Waals surface area contributed by atoms with Gasteiger partial charge in [-0.25, -0.2) is 0 Å². The number of benzene rings is 1. The summed E-state index contributed by atoms with van der Waals surface area (Å²) in [6.45, 7) is 9.83. The average molecular weight is 272 g/mol. The van der Waals surface area contributed by atoms with Crippen LogP contribution in [0, 0.1) is 0 Å². The van der Waals surface area contributed by atoms with Gasteiger partial charge in [-0.2, -0.15) is 0 Å². The van der Waals surface area contributed by atoms with Crippen molar-refractivity contribution in [2.45, 2.75) is 76.0 Å². The van der Waals surface area contributed by atoms with E-state index in [4.69, 9.17) is 0 Å². The molecule has 2 aliphatic rings. The molecule has 3 rings (SSSR count). The lowest BCUT2D eigenvalue weighted by molar-refractivity contribution is 0.270.